The number of hydrogen-bond donors (Lipinski definition) is 2. The first-order valence-electron chi connectivity index (χ1n) is 6.68. The number of benzene rings is 1. The van der Waals surface area contributed by atoms with Crippen molar-refractivity contribution in [1.82, 2.24) is 5.32 Å². The van der Waals surface area contributed by atoms with Gasteiger partial charge in [0, 0.05) is 17.6 Å². The lowest BCUT2D eigenvalue weighted by molar-refractivity contribution is -0.120. The van der Waals surface area contributed by atoms with Crippen molar-refractivity contribution in [3.05, 3.63) is 29.3 Å². The van der Waals surface area contributed by atoms with Crippen molar-refractivity contribution in [2.45, 2.75) is 39.7 Å². The van der Waals surface area contributed by atoms with E-state index in [0.29, 0.717) is 6.04 Å². The van der Waals surface area contributed by atoms with Crippen molar-refractivity contribution < 1.29 is 4.79 Å². The van der Waals surface area contributed by atoms with Gasteiger partial charge in [-0.2, -0.15) is 0 Å². The highest BCUT2D eigenvalue weighted by Gasteiger charge is 2.24. The fraction of sp³-hybridized carbons (Fsp3) is 0.533. The third-order valence-electron chi connectivity index (χ3n) is 3.77. The van der Waals surface area contributed by atoms with Crippen LogP contribution in [-0.2, 0) is 4.79 Å². The fourth-order valence-corrected chi connectivity index (χ4v) is 2.43. The normalized spacial score (nSPS) is 23.7. The minimum Gasteiger partial charge on any atom is -0.326 e. The summed E-state index contributed by atoms with van der Waals surface area (Å²) in [6, 6.07) is 6.51. The number of carbonyl (C=O) groups is 1. The summed E-state index contributed by atoms with van der Waals surface area (Å²) in [6.07, 6.45) is 1.86. The second kappa shape index (κ2) is 5.53. The molecule has 18 heavy (non-hydrogen) atoms. The summed E-state index contributed by atoms with van der Waals surface area (Å²) in [7, 11) is 0. The minimum atomic E-state index is 0.142. The van der Waals surface area contributed by atoms with Crippen LogP contribution in [0.5, 0.6) is 0 Å². The molecule has 0 saturated carbocycles. The predicted molar refractivity (Wildman–Crippen MR) is 74.7 cm³/mol. The van der Waals surface area contributed by atoms with Crippen LogP contribution in [0.25, 0.3) is 0 Å². The van der Waals surface area contributed by atoms with Gasteiger partial charge >= 0.3 is 0 Å². The molecule has 3 heteroatoms. The Morgan fingerprint density at radius 3 is 2.78 bits per heavy atom. The summed E-state index contributed by atoms with van der Waals surface area (Å²) in [5.41, 5.74) is 3.38. The zero-order valence-electron chi connectivity index (χ0n) is 11.4. The van der Waals surface area contributed by atoms with Crippen LogP contribution in [0, 0.1) is 19.8 Å². The van der Waals surface area contributed by atoms with E-state index < -0.39 is 0 Å². The van der Waals surface area contributed by atoms with Crippen molar-refractivity contribution >= 4 is 11.6 Å². The molecule has 1 amide bonds. The number of nitrogens with one attached hydrogen (secondary N) is 2. The summed E-state index contributed by atoms with van der Waals surface area (Å²) >= 11 is 0. The van der Waals surface area contributed by atoms with Gasteiger partial charge in [0.1, 0.15) is 0 Å². The fourth-order valence-electron chi connectivity index (χ4n) is 2.43. The summed E-state index contributed by atoms with van der Waals surface area (Å²) < 4.78 is 0. The standard InChI is InChI=1S/C15H22N2O/c1-10-4-5-14(8-11(10)2)17-15(18)13-6-7-16-12(3)9-13/h4-5,8,12-13,16H,6-7,9H2,1-3H3,(H,17,18)/t12-,13-/m0/s1. The van der Waals surface area contributed by atoms with Gasteiger partial charge in [-0.25, -0.2) is 0 Å². The van der Waals surface area contributed by atoms with Crippen molar-refractivity contribution in [3.63, 3.8) is 0 Å². The van der Waals surface area contributed by atoms with Crippen molar-refractivity contribution in [1.29, 1.82) is 0 Å². The Morgan fingerprint density at radius 1 is 1.33 bits per heavy atom. The average Bonchev–Trinajstić information content (AvgIpc) is 2.34. The zero-order valence-corrected chi connectivity index (χ0v) is 11.4. The number of anilines is 1. The van der Waals surface area contributed by atoms with Gasteiger partial charge in [-0.05, 0) is 63.4 Å². The van der Waals surface area contributed by atoms with Crippen molar-refractivity contribution in [2.24, 2.45) is 5.92 Å². The van der Waals surface area contributed by atoms with E-state index in [0.717, 1.165) is 25.1 Å². The smallest absolute Gasteiger partial charge is 0.227 e. The van der Waals surface area contributed by atoms with Crippen LogP contribution in [0.15, 0.2) is 18.2 Å². The monoisotopic (exact) mass is 246 g/mol. The molecule has 1 aromatic carbocycles. The van der Waals surface area contributed by atoms with Crippen LogP contribution in [-0.4, -0.2) is 18.5 Å². The Balaban J connectivity index is 2.00. The zero-order chi connectivity index (χ0) is 13.1. The molecule has 1 aliphatic heterocycles. The summed E-state index contributed by atoms with van der Waals surface area (Å²) in [4.78, 5) is 12.2. The molecule has 98 valence electrons. The Morgan fingerprint density at radius 2 is 2.11 bits per heavy atom. The Bertz CT molecular complexity index is 442. The van der Waals surface area contributed by atoms with Crippen LogP contribution in [0.4, 0.5) is 5.69 Å². The van der Waals surface area contributed by atoms with Crippen LogP contribution >= 0.6 is 0 Å². The highest BCUT2D eigenvalue weighted by Crippen LogP contribution is 2.20. The molecule has 1 aliphatic rings. The Labute approximate surface area is 109 Å². The SMILES string of the molecule is Cc1ccc(NC(=O)[C@H]2CCN[C@@H](C)C2)cc1C. The molecule has 1 saturated heterocycles. The first-order valence-corrected chi connectivity index (χ1v) is 6.68. The first kappa shape index (κ1) is 13.1. The highest BCUT2D eigenvalue weighted by atomic mass is 16.1. The van der Waals surface area contributed by atoms with Gasteiger partial charge in [0.25, 0.3) is 0 Å². The molecule has 2 atom stereocenters. The number of rotatable bonds is 2. The van der Waals surface area contributed by atoms with Gasteiger partial charge in [0.15, 0.2) is 0 Å². The molecule has 2 rings (SSSR count). The third kappa shape index (κ3) is 3.10. The van der Waals surface area contributed by atoms with Gasteiger partial charge in [0.05, 0.1) is 0 Å². The molecule has 2 N–H and O–H groups in total. The lowest BCUT2D eigenvalue weighted by Crippen LogP contribution is -2.40. The molecule has 1 fully saturated rings. The van der Waals surface area contributed by atoms with Crippen LogP contribution in [0.2, 0.25) is 0 Å². The Kier molecular flexibility index (Phi) is 4.02. The first-order chi connectivity index (χ1) is 8.56. The molecular weight excluding hydrogens is 224 g/mol. The van der Waals surface area contributed by atoms with E-state index in [2.05, 4.69) is 37.5 Å². The lowest BCUT2D eigenvalue weighted by Gasteiger charge is -2.27. The maximum Gasteiger partial charge on any atom is 0.227 e. The molecule has 0 aromatic heterocycles. The molecule has 1 heterocycles. The van der Waals surface area contributed by atoms with E-state index in [1.807, 2.05) is 12.1 Å². The topological polar surface area (TPSA) is 41.1 Å². The third-order valence-corrected chi connectivity index (χ3v) is 3.77. The van der Waals surface area contributed by atoms with Crippen LogP contribution in [0.1, 0.15) is 30.9 Å². The molecule has 0 spiro atoms. The number of piperidine rings is 1. The van der Waals surface area contributed by atoms with Gasteiger partial charge in [-0.1, -0.05) is 6.07 Å². The molecule has 0 radical (unpaired) electrons. The van der Waals surface area contributed by atoms with E-state index in [1.54, 1.807) is 0 Å². The number of carbonyl (C=O) groups excluding carboxylic acids is 1. The molecule has 0 aliphatic carbocycles. The minimum absolute atomic E-state index is 0.142. The number of aryl methyl sites for hydroxylation is 2. The number of hydrogen-bond acceptors (Lipinski definition) is 2. The van der Waals surface area contributed by atoms with E-state index in [-0.39, 0.29) is 11.8 Å². The maximum absolute atomic E-state index is 12.2. The quantitative estimate of drug-likeness (QED) is 0.842. The second-order valence-corrected chi connectivity index (χ2v) is 5.36. The second-order valence-electron chi connectivity index (χ2n) is 5.36. The van der Waals surface area contributed by atoms with Crippen molar-refractivity contribution in [3.8, 4) is 0 Å². The van der Waals surface area contributed by atoms with Crippen LogP contribution in [0.3, 0.4) is 0 Å². The lowest BCUT2D eigenvalue weighted by atomic mass is 9.92. The van der Waals surface area contributed by atoms with Gasteiger partial charge in [-0.3, -0.25) is 4.79 Å². The molecular formula is C15H22N2O. The predicted octanol–water partition coefficient (Wildman–Crippen LogP) is 2.63. The van der Waals surface area contributed by atoms with Crippen LogP contribution < -0.4 is 10.6 Å². The van der Waals surface area contributed by atoms with E-state index in [9.17, 15) is 4.79 Å². The summed E-state index contributed by atoms with van der Waals surface area (Å²) in [6.45, 7) is 7.22. The summed E-state index contributed by atoms with van der Waals surface area (Å²) in [5.74, 6) is 0.300. The molecule has 0 bridgehead atoms. The largest absolute Gasteiger partial charge is 0.326 e. The Hall–Kier alpha value is -1.35. The summed E-state index contributed by atoms with van der Waals surface area (Å²) in [5, 5.41) is 6.40. The average molecular weight is 246 g/mol. The van der Waals surface area contributed by atoms with E-state index in [4.69, 9.17) is 0 Å². The maximum atomic E-state index is 12.2. The molecule has 0 unspecified atom stereocenters. The van der Waals surface area contributed by atoms with Gasteiger partial charge < -0.3 is 10.6 Å². The van der Waals surface area contributed by atoms with E-state index in [1.165, 1.54) is 11.1 Å². The number of amides is 1. The van der Waals surface area contributed by atoms with Gasteiger partial charge in [-0.15, -0.1) is 0 Å². The molecule has 1 aromatic rings. The van der Waals surface area contributed by atoms with E-state index >= 15 is 0 Å². The van der Waals surface area contributed by atoms with Crippen molar-refractivity contribution in [2.75, 3.05) is 11.9 Å². The highest BCUT2D eigenvalue weighted by molar-refractivity contribution is 5.92. The molecule has 3 nitrogen and oxygen atoms in total. The van der Waals surface area contributed by atoms with Gasteiger partial charge in [0.2, 0.25) is 5.91 Å².